The Labute approximate surface area is 422 Å². The molecular weight excluding hydrogens is 941 g/mol. The first-order valence-electron chi connectivity index (χ1n) is 23.9. The van der Waals surface area contributed by atoms with Gasteiger partial charge in [0.25, 0.3) is 5.91 Å². The van der Waals surface area contributed by atoms with Gasteiger partial charge in [0.1, 0.15) is 18.4 Å². The standard InChI is InChI=1S/C53H60N8O10S/c1-37-44(52(68)61(36-63)46-17-18-47(64)56-50(46)66)9-6-10-45(37)54-20-27-70-29-31-71-30-28-69-26-19-48(65)60-24-22-59(23-25-60)43-15-13-38(14-16-43)40-11-12-41(42(33-40)35-62)34-58(2)49(39-7-4-3-5-8-39)51(67)57-53-55-21-32-72-53/h3-16,21,32-33,35-36,46,49,54H,17-20,22-31,34H2,1-2H3,(H,55,57,67)(H,56,64,66). The number of carbonyl (C=O) groups excluding carboxylic acids is 7. The Bertz CT molecular complexity index is 2650. The van der Waals surface area contributed by atoms with Gasteiger partial charge < -0.3 is 34.6 Å². The third kappa shape index (κ3) is 14.0. The molecular formula is C53H60N8O10S. The predicted molar refractivity (Wildman–Crippen MR) is 273 cm³/mol. The molecule has 2 fully saturated rings. The van der Waals surface area contributed by atoms with Crippen molar-refractivity contribution in [2.24, 2.45) is 0 Å². The van der Waals surface area contributed by atoms with Crippen molar-refractivity contribution in [1.82, 2.24) is 25.0 Å². The molecule has 0 spiro atoms. The summed E-state index contributed by atoms with van der Waals surface area (Å²) in [6, 6.07) is 27.0. The maximum absolute atomic E-state index is 13.5. The average molecular weight is 1000 g/mol. The van der Waals surface area contributed by atoms with Gasteiger partial charge in [-0.3, -0.25) is 48.7 Å². The van der Waals surface area contributed by atoms with Gasteiger partial charge in [-0.25, -0.2) is 4.98 Å². The van der Waals surface area contributed by atoms with Gasteiger partial charge in [0, 0.05) is 79.8 Å². The first kappa shape index (κ1) is 52.7. The molecule has 378 valence electrons. The monoisotopic (exact) mass is 1000 g/mol. The van der Waals surface area contributed by atoms with Gasteiger partial charge in [-0.05, 0) is 78.5 Å². The van der Waals surface area contributed by atoms with Gasteiger partial charge in [-0.15, -0.1) is 11.3 Å². The van der Waals surface area contributed by atoms with Crippen LogP contribution < -0.4 is 20.9 Å². The Morgan fingerprint density at radius 2 is 1.57 bits per heavy atom. The van der Waals surface area contributed by atoms with Crippen molar-refractivity contribution >= 4 is 70.1 Å². The van der Waals surface area contributed by atoms with Crippen molar-refractivity contribution < 1.29 is 47.8 Å². The van der Waals surface area contributed by atoms with Gasteiger partial charge in [0.2, 0.25) is 30.0 Å². The summed E-state index contributed by atoms with van der Waals surface area (Å²) in [5.74, 6) is -1.88. The SMILES string of the molecule is Cc1c(NCCOCCOCCOCCC(=O)N2CCN(c3ccc(-c4ccc(CN(C)C(C(=O)Nc5nccs5)c5ccccc5)c(C=O)c4)cc3)CC2)cccc1C(=O)N(C=O)C1CCC(=O)NC1=O. The number of nitrogens with zero attached hydrogens (tertiary/aromatic N) is 5. The van der Waals surface area contributed by atoms with E-state index in [1.807, 2.05) is 82.9 Å². The topological polar surface area (TPSA) is 209 Å². The van der Waals surface area contributed by atoms with E-state index in [9.17, 15) is 33.6 Å². The number of amides is 6. The number of imide groups is 2. The van der Waals surface area contributed by atoms with E-state index in [1.165, 1.54) is 11.3 Å². The Morgan fingerprint density at radius 1 is 0.861 bits per heavy atom. The second-order valence-corrected chi connectivity index (χ2v) is 18.2. The number of rotatable bonds is 25. The summed E-state index contributed by atoms with van der Waals surface area (Å²) in [5.41, 5.74) is 6.68. The van der Waals surface area contributed by atoms with E-state index in [4.69, 9.17) is 14.2 Å². The summed E-state index contributed by atoms with van der Waals surface area (Å²) in [6.07, 6.45) is 3.24. The molecule has 5 aromatic rings. The smallest absolute Gasteiger partial charge is 0.261 e. The number of likely N-dealkylation sites (N-methyl/N-ethyl adjacent to an activating group) is 1. The van der Waals surface area contributed by atoms with E-state index in [2.05, 4.69) is 38.0 Å². The van der Waals surface area contributed by atoms with Crippen molar-refractivity contribution in [1.29, 1.82) is 0 Å². The highest BCUT2D eigenvalue weighted by Gasteiger charge is 2.35. The molecule has 2 aliphatic heterocycles. The molecule has 0 bridgehead atoms. The minimum Gasteiger partial charge on any atom is -0.382 e. The molecule has 3 N–H and O–H groups in total. The fourth-order valence-electron chi connectivity index (χ4n) is 8.69. The van der Waals surface area contributed by atoms with Crippen molar-refractivity contribution in [2.75, 3.05) is 94.9 Å². The summed E-state index contributed by atoms with van der Waals surface area (Å²) in [5, 5.41) is 10.7. The fraction of sp³-hybridized carbons (Fsp3) is 0.358. The summed E-state index contributed by atoms with van der Waals surface area (Å²) < 4.78 is 17.0. The third-order valence-electron chi connectivity index (χ3n) is 12.6. The lowest BCUT2D eigenvalue weighted by molar-refractivity contribution is -0.139. The number of hydrogen-bond acceptors (Lipinski definition) is 15. The highest BCUT2D eigenvalue weighted by molar-refractivity contribution is 7.13. The number of carbonyl (C=O) groups is 7. The highest BCUT2D eigenvalue weighted by atomic mass is 32.1. The van der Waals surface area contributed by atoms with E-state index < -0.39 is 29.8 Å². The number of anilines is 3. The molecule has 4 aromatic carbocycles. The minimum atomic E-state index is -1.05. The third-order valence-corrected chi connectivity index (χ3v) is 13.3. The zero-order chi connectivity index (χ0) is 50.8. The lowest BCUT2D eigenvalue weighted by Gasteiger charge is -2.36. The minimum absolute atomic E-state index is 0.0440. The van der Waals surface area contributed by atoms with Gasteiger partial charge in [0.15, 0.2) is 5.13 Å². The molecule has 0 aliphatic carbocycles. The highest BCUT2D eigenvalue weighted by Crippen LogP contribution is 2.29. The molecule has 72 heavy (non-hydrogen) atoms. The molecule has 2 atom stereocenters. The first-order chi connectivity index (χ1) is 35.0. The van der Waals surface area contributed by atoms with E-state index in [-0.39, 0.29) is 36.6 Å². The van der Waals surface area contributed by atoms with Crippen molar-refractivity contribution in [2.45, 2.75) is 44.8 Å². The van der Waals surface area contributed by atoms with Crippen LogP contribution in [-0.2, 0) is 44.7 Å². The molecule has 0 radical (unpaired) electrons. The molecule has 18 nitrogen and oxygen atoms in total. The van der Waals surface area contributed by atoms with Crippen LogP contribution in [-0.4, -0.2) is 147 Å². The average Bonchev–Trinajstić information content (AvgIpc) is 3.91. The number of piperazine rings is 1. The fourth-order valence-corrected chi connectivity index (χ4v) is 9.22. The van der Waals surface area contributed by atoms with Crippen LogP contribution in [0.15, 0.2) is 103 Å². The number of hydrogen-bond donors (Lipinski definition) is 3. The number of ether oxygens (including phenoxy) is 3. The lowest BCUT2D eigenvalue weighted by Crippen LogP contribution is -2.53. The van der Waals surface area contributed by atoms with Crippen LogP contribution >= 0.6 is 11.3 Å². The molecule has 2 saturated heterocycles. The van der Waals surface area contributed by atoms with Gasteiger partial charge >= 0.3 is 0 Å². The maximum atomic E-state index is 13.5. The zero-order valence-corrected chi connectivity index (χ0v) is 41.3. The number of thiazole rings is 1. The molecule has 6 amide bonds. The quantitative estimate of drug-likeness (QED) is 0.0383. The van der Waals surface area contributed by atoms with Crippen molar-refractivity contribution in [3.05, 3.63) is 130 Å². The number of nitrogens with one attached hydrogen (secondary N) is 3. The molecule has 2 unspecified atom stereocenters. The number of piperidine rings is 1. The second-order valence-electron chi connectivity index (χ2n) is 17.3. The predicted octanol–water partition coefficient (Wildman–Crippen LogP) is 5.35. The van der Waals surface area contributed by atoms with Crippen LogP contribution in [0.3, 0.4) is 0 Å². The van der Waals surface area contributed by atoms with Gasteiger partial charge in [-0.1, -0.05) is 60.7 Å². The summed E-state index contributed by atoms with van der Waals surface area (Å²) >= 11 is 1.35. The molecule has 0 saturated carbocycles. The molecule has 7 rings (SSSR count). The van der Waals surface area contributed by atoms with Gasteiger partial charge in [-0.2, -0.15) is 0 Å². The Hall–Kier alpha value is -7.16. The zero-order valence-electron chi connectivity index (χ0n) is 40.5. The Balaban J connectivity index is 0.757. The van der Waals surface area contributed by atoms with Crippen LogP contribution in [0, 0.1) is 6.92 Å². The first-order valence-corrected chi connectivity index (χ1v) is 24.8. The van der Waals surface area contributed by atoms with Crippen LogP contribution in [0.2, 0.25) is 0 Å². The van der Waals surface area contributed by atoms with E-state index in [0.717, 1.165) is 39.1 Å². The summed E-state index contributed by atoms with van der Waals surface area (Å²) in [4.78, 5) is 98.9. The van der Waals surface area contributed by atoms with Crippen LogP contribution in [0.25, 0.3) is 11.1 Å². The molecule has 19 heteroatoms. The Morgan fingerprint density at radius 3 is 2.25 bits per heavy atom. The van der Waals surface area contributed by atoms with Crippen molar-refractivity contribution in [3.63, 3.8) is 0 Å². The van der Waals surface area contributed by atoms with Crippen LogP contribution in [0.5, 0.6) is 0 Å². The summed E-state index contributed by atoms with van der Waals surface area (Å²) in [6.45, 7) is 7.26. The molecule has 2 aliphatic rings. The van der Waals surface area contributed by atoms with Gasteiger partial charge in [0.05, 0.1) is 46.1 Å². The van der Waals surface area contributed by atoms with Crippen LogP contribution in [0.1, 0.15) is 62.7 Å². The maximum Gasteiger partial charge on any atom is 0.261 e. The number of benzene rings is 4. The van der Waals surface area contributed by atoms with Crippen LogP contribution in [0.4, 0.5) is 16.5 Å². The summed E-state index contributed by atoms with van der Waals surface area (Å²) in [7, 11) is 1.87. The van der Waals surface area contributed by atoms with Crippen molar-refractivity contribution in [3.8, 4) is 11.1 Å². The molecule has 1 aromatic heterocycles. The number of aldehydes is 1. The van der Waals surface area contributed by atoms with E-state index >= 15 is 0 Å². The lowest BCUT2D eigenvalue weighted by atomic mass is 9.98. The number of aromatic nitrogens is 1. The van der Waals surface area contributed by atoms with E-state index in [1.54, 1.807) is 31.3 Å². The Kier molecular flexibility index (Phi) is 19.3. The normalized spacial score (nSPS) is 15.2. The molecule has 3 heterocycles. The second kappa shape index (κ2) is 26.3. The van der Waals surface area contributed by atoms with E-state index in [0.29, 0.717) is 107 Å². The largest absolute Gasteiger partial charge is 0.382 e.